The number of hydrogen-bond acceptors (Lipinski definition) is 3. The third-order valence-corrected chi connectivity index (χ3v) is 3.15. The molecule has 90 valence electrons. The first-order chi connectivity index (χ1) is 7.42. The highest BCUT2D eigenvalue weighted by Gasteiger charge is 2.26. The molecule has 0 aliphatic rings. The van der Waals surface area contributed by atoms with Crippen LogP contribution in [0.25, 0.3) is 0 Å². The molecule has 16 heavy (non-hydrogen) atoms. The van der Waals surface area contributed by atoms with Crippen LogP contribution in [0.5, 0.6) is 5.75 Å². The second-order valence-electron chi connectivity index (χ2n) is 4.90. The summed E-state index contributed by atoms with van der Waals surface area (Å²) in [5.74, 6) is 0.890. The van der Waals surface area contributed by atoms with E-state index in [1.807, 2.05) is 19.1 Å². The van der Waals surface area contributed by atoms with Gasteiger partial charge in [0.05, 0.1) is 7.11 Å². The van der Waals surface area contributed by atoms with Gasteiger partial charge in [0.15, 0.2) is 0 Å². The van der Waals surface area contributed by atoms with Gasteiger partial charge < -0.3 is 16.2 Å². The molecule has 0 spiro atoms. The van der Waals surface area contributed by atoms with Crippen molar-refractivity contribution >= 4 is 0 Å². The Kier molecular flexibility index (Phi) is 3.94. The Morgan fingerprint density at radius 1 is 1.38 bits per heavy atom. The zero-order chi connectivity index (χ0) is 12.3. The molecule has 1 aromatic rings. The van der Waals surface area contributed by atoms with Crippen LogP contribution >= 0.6 is 0 Å². The largest absolute Gasteiger partial charge is 0.496 e. The van der Waals surface area contributed by atoms with Crippen LogP contribution in [0.1, 0.15) is 31.0 Å². The van der Waals surface area contributed by atoms with Gasteiger partial charge in [0.1, 0.15) is 5.75 Å². The smallest absolute Gasteiger partial charge is 0.121 e. The molecule has 3 nitrogen and oxygen atoms in total. The van der Waals surface area contributed by atoms with Crippen molar-refractivity contribution < 1.29 is 4.74 Å². The lowest BCUT2D eigenvalue weighted by molar-refractivity contribution is 0.301. The minimum Gasteiger partial charge on any atom is -0.496 e. The zero-order valence-corrected chi connectivity index (χ0v) is 10.6. The van der Waals surface area contributed by atoms with E-state index in [0.29, 0.717) is 6.54 Å². The maximum atomic E-state index is 6.22. The fraction of sp³-hybridized carbons (Fsp3) is 0.538. The van der Waals surface area contributed by atoms with Crippen molar-refractivity contribution in [3.05, 3.63) is 29.3 Å². The fourth-order valence-corrected chi connectivity index (χ4v) is 1.67. The second-order valence-corrected chi connectivity index (χ2v) is 4.90. The third-order valence-electron chi connectivity index (χ3n) is 3.15. The lowest BCUT2D eigenvalue weighted by atomic mass is 9.81. The quantitative estimate of drug-likeness (QED) is 0.819. The van der Waals surface area contributed by atoms with Gasteiger partial charge in [0.2, 0.25) is 0 Å². The Hall–Kier alpha value is -1.06. The molecule has 0 heterocycles. The van der Waals surface area contributed by atoms with E-state index in [1.54, 1.807) is 7.11 Å². The molecule has 0 amide bonds. The first-order valence-corrected chi connectivity index (χ1v) is 5.52. The zero-order valence-electron chi connectivity index (χ0n) is 10.6. The molecule has 0 saturated heterocycles. The highest BCUT2D eigenvalue weighted by Crippen LogP contribution is 2.32. The number of methoxy groups -OCH3 is 1. The van der Waals surface area contributed by atoms with E-state index in [9.17, 15) is 0 Å². The van der Waals surface area contributed by atoms with Gasteiger partial charge in [0.25, 0.3) is 0 Å². The number of nitrogens with two attached hydrogens (primary N) is 2. The Morgan fingerprint density at radius 2 is 2.00 bits per heavy atom. The van der Waals surface area contributed by atoms with E-state index in [2.05, 4.69) is 19.9 Å². The molecular weight excluding hydrogens is 200 g/mol. The second kappa shape index (κ2) is 4.85. The van der Waals surface area contributed by atoms with E-state index < -0.39 is 0 Å². The van der Waals surface area contributed by atoms with Gasteiger partial charge >= 0.3 is 0 Å². The highest BCUT2D eigenvalue weighted by atomic mass is 16.5. The molecule has 1 unspecified atom stereocenters. The highest BCUT2D eigenvalue weighted by molar-refractivity contribution is 5.37. The summed E-state index contributed by atoms with van der Waals surface area (Å²) in [5.41, 5.74) is 14.1. The minimum absolute atomic E-state index is 0.0536. The molecule has 0 saturated carbocycles. The number of benzene rings is 1. The average Bonchev–Trinajstić information content (AvgIpc) is 2.27. The first-order valence-electron chi connectivity index (χ1n) is 5.52. The van der Waals surface area contributed by atoms with E-state index in [1.165, 1.54) is 0 Å². The van der Waals surface area contributed by atoms with Gasteiger partial charge in [-0.1, -0.05) is 26.0 Å². The van der Waals surface area contributed by atoms with Crippen LogP contribution in [-0.2, 0) is 0 Å². The van der Waals surface area contributed by atoms with Crippen LogP contribution in [0.4, 0.5) is 0 Å². The molecule has 3 heteroatoms. The molecule has 0 bridgehead atoms. The summed E-state index contributed by atoms with van der Waals surface area (Å²) in [4.78, 5) is 0. The topological polar surface area (TPSA) is 61.3 Å². The van der Waals surface area contributed by atoms with Crippen molar-refractivity contribution in [1.29, 1.82) is 0 Å². The summed E-state index contributed by atoms with van der Waals surface area (Å²) in [5, 5.41) is 0. The van der Waals surface area contributed by atoms with Crippen molar-refractivity contribution in [3.8, 4) is 5.75 Å². The van der Waals surface area contributed by atoms with Crippen LogP contribution in [0.15, 0.2) is 18.2 Å². The molecule has 0 radical (unpaired) electrons. The maximum Gasteiger partial charge on any atom is 0.121 e. The maximum absolute atomic E-state index is 6.22. The lowest BCUT2D eigenvalue weighted by Crippen LogP contribution is -2.35. The van der Waals surface area contributed by atoms with E-state index in [4.69, 9.17) is 16.2 Å². The normalized spacial score (nSPS) is 13.6. The lowest BCUT2D eigenvalue weighted by Gasteiger charge is -2.30. The van der Waals surface area contributed by atoms with Crippen molar-refractivity contribution in [3.63, 3.8) is 0 Å². The van der Waals surface area contributed by atoms with Gasteiger partial charge in [-0.05, 0) is 36.1 Å². The molecule has 0 aliphatic heterocycles. The summed E-state index contributed by atoms with van der Waals surface area (Å²) in [6.45, 7) is 6.75. The molecule has 1 aromatic carbocycles. The molecule has 0 aliphatic carbocycles. The molecule has 1 atom stereocenters. The Morgan fingerprint density at radius 3 is 2.44 bits per heavy atom. The summed E-state index contributed by atoms with van der Waals surface area (Å²) < 4.78 is 5.23. The third kappa shape index (κ3) is 2.54. The monoisotopic (exact) mass is 222 g/mol. The predicted octanol–water partition coefficient (Wildman–Crippen LogP) is 1.99. The molecule has 0 aromatic heterocycles. The van der Waals surface area contributed by atoms with Gasteiger partial charge in [-0.15, -0.1) is 0 Å². The molecule has 4 N–H and O–H groups in total. The van der Waals surface area contributed by atoms with Crippen molar-refractivity contribution in [2.24, 2.45) is 16.9 Å². The van der Waals surface area contributed by atoms with Crippen molar-refractivity contribution in [1.82, 2.24) is 0 Å². The van der Waals surface area contributed by atoms with Crippen LogP contribution < -0.4 is 16.2 Å². The average molecular weight is 222 g/mol. The predicted molar refractivity (Wildman–Crippen MR) is 67.5 cm³/mol. The van der Waals surface area contributed by atoms with E-state index >= 15 is 0 Å². The number of hydrogen-bond donors (Lipinski definition) is 2. The Labute approximate surface area is 97.8 Å². The van der Waals surface area contributed by atoms with E-state index in [-0.39, 0.29) is 11.5 Å². The number of ether oxygens (including phenoxy) is 1. The van der Waals surface area contributed by atoms with Gasteiger partial charge in [-0.2, -0.15) is 0 Å². The standard InChI is InChI=1S/C13H22N2O/c1-9-7-10(5-6-11(9)16-4)12(15)13(2,3)8-14/h5-7,12H,8,14-15H2,1-4H3. The Balaban J connectivity index is 3.02. The van der Waals surface area contributed by atoms with Gasteiger partial charge in [0, 0.05) is 6.04 Å². The summed E-state index contributed by atoms with van der Waals surface area (Å²) in [6.07, 6.45) is 0. The molecular formula is C13H22N2O. The van der Waals surface area contributed by atoms with Gasteiger partial charge in [-0.3, -0.25) is 0 Å². The summed E-state index contributed by atoms with van der Waals surface area (Å²) >= 11 is 0. The SMILES string of the molecule is COc1ccc(C(N)C(C)(C)CN)cc1C. The Bertz CT molecular complexity index is 361. The summed E-state index contributed by atoms with van der Waals surface area (Å²) in [7, 11) is 1.67. The van der Waals surface area contributed by atoms with Crippen molar-refractivity contribution in [2.45, 2.75) is 26.8 Å². The minimum atomic E-state index is -0.0962. The molecule has 0 fully saturated rings. The van der Waals surface area contributed by atoms with Crippen molar-refractivity contribution in [2.75, 3.05) is 13.7 Å². The van der Waals surface area contributed by atoms with E-state index in [0.717, 1.165) is 16.9 Å². The molecule has 1 rings (SSSR count). The number of aryl methyl sites for hydroxylation is 1. The fourth-order valence-electron chi connectivity index (χ4n) is 1.67. The summed E-state index contributed by atoms with van der Waals surface area (Å²) in [6, 6.07) is 5.98. The van der Waals surface area contributed by atoms with Gasteiger partial charge in [-0.25, -0.2) is 0 Å². The first kappa shape index (κ1) is 13.0. The van der Waals surface area contributed by atoms with Crippen LogP contribution in [0.2, 0.25) is 0 Å². The number of rotatable bonds is 4. The van der Waals surface area contributed by atoms with Crippen LogP contribution in [0, 0.1) is 12.3 Å². The van der Waals surface area contributed by atoms with Crippen LogP contribution in [-0.4, -0.2) is 13.7 Å². The van der Waals surface area contributed by atoms with Crippen LogP contribution in [0.3, 0.4) is 0 Å².